The Morgan fingerprint density at radius 3 is 2.45 bits per heavy atom. The van der Waals surface area contributed by atoms with Gasteiger partial charge in [0.05, 0.1) is 16.8 Å². The Hall–Kier alpha value is -2.75. The van der Waals surface area contributed by atoms with Crippen LogP contribution in [0.1, 0.15) is 35.7 Å². The molecular weight excluding hydrogens is 276 g/mol. The molecule has 1 N–H and O–H groups in total. The third-order valence-corrected chi connectivity index (χ3v) is 3.71. The third-order valence-electron chi connectivity index (χ3n) is 3.71. The van der Waals surface area contributed by atoms with Gasteiger partial charge in [-0.2, -0.15) is 0 Å². The van der Waals surface area contributed by atoms with Crippen molar-refractivity contribution in [3.8, 4) is 11.3 Å². The van der Waals surface area contributed by atoms with Crippen molar-refractivity contribution in [2.24, 2.45) is 0 Å². The number of carboxylic acids is 1. The Balaban J connectivity index is 2.27. The van der Waals surface area contributed by atoms with Crippen molar-refractivity contribution in [2.45, 2.75) is 19.8 Å². The summed E-state index contributed by atoms with van der Waals surface area (Å²) in [4.78, 5) is 20.2. The van der Waals surface area contributed by atoms with Crippen molar-refractivity contribution in [3.05, 3.63) is 59.9 Å². The van der Waals surface area contributed by atoms with Crippen molar-refractivity contribution in [1.82, 2.24) is 9.97 Å². The maximum Gasteiger partial charge on any atom is 0.336 e. The maximum absolute atomic E-state index is 11.6. The number of nitrogens with zero attached hydrogens (tertiary/aromatic N) is 2. The van der Waals surface area contributed by atoms with Crippen molar-refractivity contribution >= 4 is 16.9 Å². The number of hydrogen-bond acceptors (Lipinski definition) is 3. The second-order valence-corrected chi connectivity index (χ2v) is 5.53. The molecule has 0 unspecified atom stereocenters. The molecule has 0 amide bonds. The topological polar surface area (TPSA) is 63.1 Å². The van der Waals surface area contributed by atoms with Gasteiger partial charge in [-0.3, -0.25) is 4.98 Å². The van der Waals surface area contributed by atoms with Gasteiger partial charge in [-0.1, -0.05) is 19.9 Å². The Bertz CT molecular complexity index is 842. The molecule has 2 aromatic heterocycles. The Morgan fingerprint density at radius 2 is 1.82 bits per heavy atom. The van der Waals surface area contributed by atoms with Gasteiger partial charge >= 0.3 is 5.97 Å². The fourth-order valence-corrected chi connectivity index (χ4v) is 2.45. The summed E-state index contributed by atoms with van der Waals surface area (Å²) in [7, 11) is 0. The van der Waals surface area contributed by atoms with Gasteiger partial charge in [-0.25, -0.2) is 9.78 Å². The van der Waals surface area contributed by atoms with E-state index >= 15 is 0 Å². The molecule has 110 valence electrons. The standard InChI is InChI=1S/C18H16N2O2/c1-11(2)13-3-4-16-14(9-13)15(18(21)22)10-17(20-16)12-5-7-19-8-6-12/h3-11H,1-2H3,(H,21,22). The smallest absolute Gasteiger partial charge is 0.336 e. The molecular formula is C18H16N2O2. The minimum absolute atomic E-state index is 0.277. The molecule has 2 heterocycles. The van der Waals surface area contributed by atoms with E-state index in [0.29, 0.717) is 22.5 Å². The fourth-order valence-electron chi connectivity index (χ4n) is 2.45. The Kier molecular flexibility index (Phi) is 3.59. The Morgan fingerprint density at radius 1 is 1.09 bits per heavy atom. The van der Waals surface area contributed by atoms with Crippen LogP contribution < -0.4 is 0 Å². The number of aromatic carboxylic acids is 1. The van der Waals surface area contributed by atoms with Crippen LogP contribution in [0.2, 0.25) is 0 Å². The number of hydrogen-bond donors (Lipinski definition) is 1. The molecule has 0 aliphatic carbocycles. The van der Waals surface area contributed by atoms with Gasteiger partial charge in [0.2, 0.25) is 0 Å². The van der Waals surface area contributed by atoms with Gasteiger partial charge in [-0.05, 0) is 41.8 Å². The van der Waals surface area contributed by atoms with Gasteiger partial charge in [0.1, 0.15) is 0 Å². The molecule has 0 atom stereocenters. The van der Waals surface area contributed by atoms with Crippen molar-refractivity contribution in [2.75, 3.05) is 0 Å². The van der Waals surface area contributed by atoms with Crippen molar-refractivity contribution < 1.29 is 9.90 Å². The number of carbonyl (C=O) groups is 1. The van der Waals surface area contributed by atoms with Crippen LogP contribution in [-0.4, -0.2) is 21.0 Å². The van der Waals surface area contributed by atoms with E-state index in [4.69, 9.17) is 0 Å². The summed E-state index contributed by atoms with van der Waals surface area (Å²) in [5, 5.41) is 10.2. The Labute approximate surface area is 128 Å². The summed E-state index contributed by atoms with van der Waals surface area (Å²) in [6.07, 6.45) is 3.34. The predicted octanol–water partition coefficient (Wildman–Crippen LogP) is 4.12. The summed E-state index contributed by atoms with van der Waals surface area (Å²) in [6, 6.07) is 11.1. The minimum atomic E-state index is -0.941. The van der Waals surface area contributed by atoms with Crippen LogP contribution in [0.25, 0.3) is 22.2 Å². The lowest BCUT2D eigenvalue weighted by molar-refractivity contribution is 0.0699. The molecule has 3 aromatic rings. The highest BCUT2D eigenvalue weighted by Gasteiger charge is 2.14. The van der Waals surface area contributed by atoms with E-state index in [0.717, 1.165) is 11.1 Å². The third kappa shape index (κ3) is 2.55. The summed E-state index contributed by atoms with van der Waals surface area (Å²) in [5.41, 5.74) is 3.57. The molecule has 0 fully saturated rings. The van der Waals surface area contributed by atoms with Crippen LogP contribution in [0.15, 0.2) is 48.8 Å². The molecule has 0 saturated heterocycles. The summed E-state index contributed by atoms with van der Waals surface area (Å²) < 4.78 is 0. The highest BCUT2D eigenvalue weighted by molar-refractivity contribution is 6.04. The first-order chi connectivity index (χ1) is 10.6. The molecule has 1 aromatic carbocycles. The van der Waals surface area contributed by atoms with Crippen LogP contribution in [0.5, 0.6) is 0 Å². The van der Waals surface area contributed by atoms with E-state index in [1.54, 1.807) is 18.5 Å². The zero-order valence-electron chi connectivity index (χ0n) is 12.4. The van der Waals surface area contributed by atoms with Gasteiger partial charge in [-0.15, -0.1) is 0 Å². The molecule has 0 aliphatic rings. The number of carboxylic acid groups (broad SMARTS) is 1. The number of fused-ring (bicyclic) bond motifs is 1. The highest BCUT2D eigenvalue weighted by atomic mass is 16.4. The fraction of sp³-hybridized carbons (Fsp3) is 0.167. The van der Waals surface area contributed by atoms with Crippen LogP contribution in [0.4, 0.5) is 0 Å². The molecule has 0 radical (unpaired) electrons. The summed E-state index contributed by atoms with van der Waals surface area (Å²) >= 11 is 0. The molecule has 0 aliphatic heterocycles. The second-order valence-electron chi connectivity index (χ2n) is 5.53. The first-order valence-corrected chi connectivity index (χ1v) is 7.14. The zero-order chi connectivity index (χ0) is 15.7. The van der Waals surface area contributed by atoms with Gasteiger partial charge in [0.25, 0.3) is 0 Å². The molecule has 0 bridgehead atoms. The van der Waals surface area contributed by atoms with E-state index in [-0.39, 0.29) is 5.56 Å². The molecule has 0 saturated carbocycles. The largest absolute Gasteiger partial charge is 0.478 e. The monoisotopic (exact) mass is 292 g/mol. The van der Waals surface area contributed by atoms with E-state index in [1.165, 1.54) is 0 Å². The van der Waals surface area contributed by atoms with E-state index in [9.17, 15) is 9.90 Å². The number of rotatable bonds is 3. The lowest BCUT2D eigenvalue weighted by Crippen LogP contribution is -2.01. The molecule has 3 rings (SSSR count). The first kappa shape index (κ1) is 14.2. The number of benzene rings is 1. The quantitative estimate of drug-likeness (QED) is 0.788. The van der Waals surface area contributed by atoms with Gasteiger partial charge in [0.15, 0.2) is 0 Å². The SMILES string of the molecule is CC(C)c1ccc2nc(-c3ccncc3)cc(C(=O)O)c2c1. The van der Waals surface area contributed by atoms with E-state index in [1.807, 2.05) is 30.3 Å². The molecule has 22 heavy (non-hydrogen) atoms. The van der Waals surface area contributed by atoms with Crippen LogP contribution in [0, 0.1) is 0 Å². The van der Waals surface area contributed by atoms with Gasteiger partial charge in [0, 0.05) is 23.3 Å². The molecule has 4 heteroatoms. The number of aromatic nitrogens is 2. The lowest BCUT2D eigenvalue weighted by atomic mass is 9.98. The second kappa shape index (κ2) is 5.56. The average Bonchev–Trinajstić information content (AvgIpc) is 2.53. The number of pyridine rings is 2. The van der Waals surface area contributed by atoms with Crippen molar-refractivity contribution in [1.29, 1.82) is 0 Å². The normalized spacial score (nSPS) is 11.0. The van der Waals surface area contributed by atoms with Crippen LogP contribution in [-0.2, 0) is 0 Å². The van der Waals surface area contributed by atoms with E-state index < -0.39 is 5.97 Å². The molecule has 4 nitrogen and oxygen atoms in total. The summed E-state index contributed by atoms with van der Waals surface area (Å²) in [5.74, 6) is -0.602. The minimum Gasteiger partial charge on any atom is -0.478 e. The zero-order valence-corrected chi connectivity index (χ0v) is 12.4. The van der Waals surface area contributed by atoms with Crippen LogP contribution >= 0.6 is 0 Å². The predicted molar refractivity (Wildman–Crippen MR) is 86.0 cm³/mol. The van der Waals surface area contributed by atoms with E-state index in [2.05, 4.69) is 23.8 Å². The molecule has 0 spiro atoms. The van der Waals surface area contributed by atoms with Crippen molar-refractivity contribution in [3.63, 3.8) is 0 Å². The highest BCUT2D eigenvalue weighted by Crippen LogP contribution is 2.27. The summed E-state index contributed by atoms with van der Waals surface area (Å²) in [6.45, 7) is 4.17. The average molecular weight is 292 g/mol. The lowest BCUT2D eigenvalue weighted by Gasteiger charge is -2.10. The van der Waals surface area contributed by atoms with Crippen LogP contribution in [0.3, 0.4) is 0 Å². The maximum atomic E-state index is 11.6. The van der Waals surface area contributed by atoms with Gasteiger partial charge < -0.3 is 5.11 Å². The first-order valence-electron chi connectivity index (χ1n) is 7.14.